The van der Waals surface area contributed by atoms with E-state index in [4.69, 9.17) is 0 Å². The number of rotatable bonds is 7. The quantitative estimate of drug-likeness (QED) is 0.581. The lowest BCUT2D eigenvalue weighted by Gasteiger charge is -2.04. The van der Waals surface area contributed by atoms with Crippen LogP contribution in [0.1, 0.15) is 53.5 Å². The predicted octanol–water partition coefficient (Wildman–Crippen LogP) is 2.20. The van der Waals surface area contributed by atoms with Crippen LogP contribution in [0.4, 0.5) is 0 Å². The van der Waals surface area contributed by atoms with Crippen LogP contribution in [0.25, 0.3) is 0 Å². The van der Waals surface area contributed by atoms with Gasteiger partial charge in [-0.3, -0.25) is 14.6 Å². The molecule has 0 spiro atoms. The van der Waals surface area contributed by atoms with Gasteiger partial charge in [-0.15, -0.1) is 0 Å². The molecule has 1 heterocycles. The number of hydrogen-bond donors (Lipinski definition) is 1. The number of unbranched alkanes of at least 4 members (excludes halogenated alkanes) is 3. The first kappa shape index (κ1) is 13.4. The van der Waals surface area contributed by atoms with E-state index in [1.165, 1.54) is 25.1 Å². The average molecular weight is 234 g/mol. The molecule has 0 saturated carbocycles. The number of amides is 1. The van der Waals surface area contributed by atoms with E-state index in [1.54, 1.807) is 6.07 Å². The predicted molar refractivity (Wildman–Crippen MR) is 66.1 cm³/mol. The zero-order chi connectivity index (χ0) is 12.5. The summed E-state index contributed by atoms with van der Waals surface area (Å²) in [4.78, 5) is 26.0. The molecule has 0 aromatic carbocycles. The fourth-order valence-corrected chi connectivity index (χ4v) is 1.51. The van der Waals surface area contributed by atoms with Crippen molar-refractivity contribution in [3.8, 4) is 0 Å². The third-order valence-electron chi connectivity index (χ3n) is 2.48. The molecule has 0 aliphatic heterocycles. The van der Waals surface area contributed by atoms with Crippen LogP contribution in [0.2, 0.25) is 0 Å². The maximum Gasteiger partial charge on any atom is 0.251 e. The normalized spacial score (nSPS) is 9.94. The molecule has 1 rings (SSSR count). The second-order valence-electron chi connectivity index (χ2n) is 3.90. The number of nitrogens with one attached hydrogen (secondary N) is 1. The number of aromatic nitrogens is 1. The van der Waals surface area contributed by atoms with Crippen LogP contribution < -0.4 is 5.32 Å². The first-order valence-corrected chi connectivity index (χ1v) is 5.97. The van der Waals surface area contributed by atoms with Crippen LogP contribution >= 0.6 is 0 Å². The number of carbonyl (C=O) groups is 2. The van der Waals surface area contributed by atoms with Gasteiger partial charge >= 0.3 is 0 Å². The van der Waals surface area contributed by atoms with E-state index >= 15 is 0 Å². The van der Waals surface area contributed by atoms with Gasteiger partial charge in [-0.25, -0.2) is 0 Å². The number of hydrogen-bond acceptors (Lipinski definition) is 3. The van der Waals surface area contributed by atoms with E-state index in [1.807, 2.05) is 0 Å². The van der Waals surface area contributed by atoms with E-state index in [0.717, 1.165) is 12.8 Å². The van der Waals surface area contributed by atoms with E-state index in [0.29, 0.717) is 18.4 Å². The molecule has 17 heavy (non-hydrogen) atoms. The van der Waals surface area contributed by atoms with Crippen molar-refractivity contribution in [1.82, 2.24) is 10.3 Å². The van der Waals surface area contributed by atoms with E-state index in [9.17, 15) is 9.59 Å². The Morgan fingerprint density at radius 2 is 2.24 bits per heavy atom. The van der Waals surface area contributed by atoms with Crippen LogP contribution in [0, 0.1) is 0 Å². The summed E-state index contributed by atoms with van der Waals surface area (Å²) in [6.45, 7) is 2.83. The van der Waals surface area contributed by atoms with Crippen molar-refractivity contribution in [3.05, 3.63) is 29.6 Å². The molecular weight excluding hydrogens is 216 g/mol. The standard InChI is InChI=1S/C13H18N2O2/c1-2-3-4-5-7-15-13(17)11-6-8-14-12(9-11)10-16/h6,8-10H,2-5,7H2,1H3,(H,15,17). The Labute approximate surface area is 101 Å². The van der Waals surface area contributed by atoms with Gasteiger partial charge in [0.2, 0.25) is 0 Å². The molecule has 0 unspecified atom stereocenters. The summed E-state index contributed by atoms with van der Waals surface area (Å²) in [7, 11) is 0. The Morgan fingerprint density at radius 1 is 1.41 bits per heavy atom. The molecule has 1 amide bonds. The number of carbonyl (C=O) groups excluding carboxylic acids is 2. The van der Waals surface area contributed by atoms with Gasteiger partial charge in [-0.05, 0) is 18.6 Å². The SMILES string of the molecule is CCCCCCNC(=O)c1ccnc(C=O)c1. The van der Waals surface area contributed by atoms with Gasteiger partial charge < -0.3 is 5.32 Å². The Morgan fingerprint density at radius 3 is 2.94 bits per heavy atom. The molecule has 0 aliphatic rings. The third kappa shape index (κ3) is 4.76. The van der Waals surface area contributed by atoms with Crippen molar-refractivity contribution >= 4 is 12.2 Å². The zero-order valence-corrected chi connectivity index (χ0v) is 10.1. The van der Waals surface area contributed by atoms with Crippen molar-refractivity contribution in [1.29, 1.82) is 0 Å². The lowest BCUT2D eigenvalue weighted by Crippen LogP contribution is -2.24. The highest BCUT2D eigenvalue weighted by Crippen LogP contribution is 2.01. The first-order valence-electron chi connectivity index (χ1n) is 5.97. The molecular formula is C13H18N2O2. The highest BCUT2D eigenvalue weighted by atomic mass is 16.1. The maximum atomic E-state index is 11.7. The van der Waals surface area contributed by atoms with E-state index < -0.39 is 0 Å². The van der Waals surface area contributed by atoms with Crippen molar-refractivity contribution < 1.29 is 9.59 Å². The molecule has 4 nitrogen and oxygen atoms in total. The van der Waals surface area contributed by atoms with Crippen molar-refractivity contribution in [2.45, 2.75) is 32.6 Å². The Bertz CT molecular complexity index is 377. The summed E-state index contributed by atoms with van der Waals surface area (Å²) in [5, 5.41) is 2.83. The summed E-state index contributed by atoms with van der Waals surface area (Å²) >= 11 is 0. The average Bonchev–Trinajstić information content (AvgIpc) is 2.38. The number of aldehydes is 1. The van der Waals surface area contributed by atoms with Gasteiger partial charge in [-0.2, -0.15) is 0 Å². The molecule has 1 aromatic heterocycles. The fraction of sp³-hybridized carbons (Fsp3) is 0.462. The maximum absolute atomic E-state index is 11.7. The van der Waals surface area contributed by atoms with Crippen LogP contribution in [0.3, 0.4) is 0 Å². The summed E-state index contributed by atoms with van der Waals surface area (Å²) in [5.41, 5.74) is 0.765. The Balaban J connectivity index is 2.38. The molecule has 0 saturated heterocycles. The molecule has 0 bridgehead atoms. The van der Waals surface area contributed by atoms with Gasteiger partial charge in [0, 0.05) is 18.3 Å². The summed E-state index contributed by atoms with van der Waals surface area (Å²) in [5.74, 6) is -0.146. The van der Waals surface area contributed by atoms with E-state index in [2.05, 4.69) is 17.2 Å². The Kier molecular flexibility index (Phi) is 5.93. The van der Waals surface area contributed by atoms with Gasteiger partial charge in [0.25, 0.3) is 5.91 Å². The number of pyridine rings is 1. The highest BCUT2D eigenvalue weighted by molar-refractivity contribution is 5.95. The molecule has 0 radical (unpaired) electrons. The zero-order valence-electron chi connectivity index (χ0n) is 10.1. The monoisotopic (exact) mass is 234 g/mol. The molecule has 0 atom stereocenters. The van der Waals surface area contributed by atoms with Crippen LogP contribution in [0.15, 0.2) is 18.3 Å². The largest absolute Gasteiger partial charge is 0.352 e. The van der Waals surface area contributed by atoms with Crippen LogP contribution in [-0.2, 0) is 0 Å². The molecule has 0 aliphatic carbocycles. The molecule has 1 N–H and O–H groups in total. The third-order valence-corrected chi connectivity index (χ3v) is 2.48. The minimum atomic E-state index is -0.146. The van der Waals surface area contributed by atoms with Crippen molar-refractivity contribution in [2.75, 3.05) is 6.54 Å². The minimum Gasteiger partial charge on any atom is -0.352 e. The molecule has 4 heteroatoms. The lowest BCUT2D eigenvalue weighted by atomic mass is 10.2. The minimum absolute atomic E-state index is 0.146. The van der Waals surface area contributed by atoms with Crippen molar-refractivity contribution in [3.63, 3.8) is 0 Å². The summed E-state index contributed by atoms with van der Waals surface area (Å²) in [6, 6.07) is 3.10. The highest BCUT2D eigenvalue weighted by Gasteiger charge is 2.05. The van der Waals surface area contributed by atoms with Gasteiger partial charge in [0.1, 0.15) is 5.69 Å². The Hall–Kier alpha value is -1.71. The second kappa shape index (κ2) is 7.54. The molecule has 1 aromatic rings. The first-order chi connectivity index (χ1) is 8.27. The smallest absolute Gasteiger partial charge is 0.251 e. The summed E-state index contributed by atoms with van der Waals surface area (Å²) < 4.78 is 0. The van der Waals surface area contributed by atoms with E-state index in [-0.39, 0.29) is 11.6 Å². The summed E-state index contributed by atoms with van der Waals surface area (Å²) in [6.07, 6.45) is 6.60. The molecule has 0 fully saturated rings. The van der Waals surface area contributed by atoms with Crippen LogP contribution in [-0.4, -0.2) is 23.7 Å². The second-order valence-corrected chi connectivity index (χ2v) is 3.90. The lowest BCUT2D eigenvalue weighted by molar-refractivity contribution is 0.0953. The fourth-order valence-electron chi connectivity index (χ4n) is 1.51. The van der Waals surface area contributed by atoms with Crippen LogP contribution in [0.5, 0.6) is 0 Å². The van der Waals surface area contributed by atoms with Gasteiger partial charge in [0.05, 0.1) is 0 Å². The van der Waals surface area contributed by atoms with Gasteiger partial charge in [0.15, 0.2) is 6.29 Å². The topological polar surface area (TPSA) is 59.1 Å². The van der Waals surface area contributed by atoms with Gasteiger partial charge in [-0.1, -0.05) is 26.2 Å². The van der Waals surface area contributed by atoms with Crippen molar-refractivity contribution in [2.24, 2.45) is 0 Å². The molecule has 92 valence electrons. The number of nitrogens with zero attached hydrogens (tertiary/aromatic N) is 1.